The van der Waals surface area contributed by atoms with E-state index in [-0.39, 0.29) is 29.3 Å². The number of piperidine rings is 1. The van der Waals surface area contributed by atoms with Crippen molar-refractivity contribution in [1.29, 1.82) is 10.5 Å². The van der Waals surface area contributed by atoms with Gasteiger partial charge in [0.1, 0.15) is 5.82 Å². The first-order valence-corrected chi connectivity index (χ1v) is 10.7. The molecule has 2 aliphatic rings. The van der Waals surface area contributed by atoms with Crippen LogP contribution in [0.25, 0.3) is 16.9 Å². The minimum atomic E-state index is -0.560. The number of amides is 1. The molecule has 1 N–H and O–H groups in total. The van der Waals surface area contributed by atoms with Gasteiger partial charge in [0.05, 0.1) is 57.9 Å². The van der Waals surface area contributed by atoms with Crippen molar-refractivity contribution in [3.8, 4) is 29.1 Å². The molecule has 33 heavy (non-hydrogen) atoms. The quantitative estimate of drug-likeness (QED) is 0.668. The van der Waals surface area contributed by atoms with Crippen LogP contribution in [0.15, 0.2) is 36.5 Å². The molecule has 3 aromatic rings. The first-order valence-electron chi connectivity index (χ1n) is 10.7. The molecule has 1 unspecified atom stereocenters. The Labute approximate surface area is 189 Å². The van der Waals surface area contributed by atoms with Crippen LogP contribution < -0.4 is 10.2 Å². The third kappa shape index (κ3) is 3.48. The van der Waals surface area contributed by atoms with Gasteiger partial charge in [-0.1, -0.05) is 6.07 Å². The van der Waals surface area contributed by atoms with Crippen molar-refractivity contribution in [1.82, 2.24) is 20.1 Å². The molecule has 0 aliphatic carbocycles. The van der Waals surface area contributed by atoms with E-state index >= 15 is 0 Å². The summed E-state index contributed by atoms with van der Waals surface area (Å²) >= 11 is 0. The summed E-state index contributed by atoms with van der Waals surface area (Å²) in [7, 11) is 0. The van der Waals surface area contributed by atoms with E-state index in [2.05, 4.69) is 26.4 Å². The first-order chi connectivity index (χ1) is 15.9. The molecule has 4 heterocycles. The number of carbonyl (C=O) groups is 1. The molecule has 8 nitrogen and oxygen atoms in total. The van der Waals surface area contributed by atoms with Crippen LogP contribution in [0.4, 0.5) is 10.2 Å². The predicted octanol–water partition coefficient (Wildman–Crippen LogP) is 3.32. The van der Waals surface area contributed by atoms with Crippen molar-refractivity contribution < 1.29 is 9.18 Å². The summed E-state index contributed by atoms with van der Waals surface area (Å²) in [6, 6.07) is 12.1. The minimum absolute atomic E-state index is 0.0941. The monoisotopic (exact) mass is 441 g/mol. The molecule has 164 valence electrons. The molecule has 2 aliphatic heterocycles. The number of nitrogens with one attached hydrogen (secondary N) is 1. The Morgan fingerprint density at radius 3 is 2.88 bits per heavy atom. The Bertz CT molecular complexity index is 1370. The topological polar surface area (TPSA) is 111 Å². The molecule has 9 heteroatoms. The molecule has 1 fully saturated rings. The SMILES string of the molecule is CC1(C#N)CCCN(c2ccn(-c3cc(-c4c(F)cccc4C#N)nc4c3C(=O)NC4)n2)C1. The Morgan fingerprint density at radius 1 is 1.24 bits per heavy atom. The van der Waals surface area contributed by atoms with Gasteiger partial charge in [0.15, 0.2) is 5.82 Å². The highest BCUT2D eigenvalue weighted by atomic mass is 19.1. The molecule has 1 saturated heterocycles. The van der Waals surface area contributed by atoms with Gasteiger partial charge in [-0.05, 0) is 38.0 Å². The lowest BCUT2D eigenvalue weighted by Crippen LogP contribution is -2.41. The van der Waals surface area contributed by atoms with E-state index in [1.807, 2.05) is 19.1 Å². The van der Waals surface area contributed by atoms with Gasteiger partial charge < -0.3 is 10.2 Å². The van der Waals surface area contributed by atoms with Crippen LogP contribution in [0.1, 0.15) is 41.4 Å². The third-order valence-electron chi connectivity index (χ3n) is 6.22. The number of aromatic nitrogens is 3. The van der Waals surface area contributed by atoms with Crippen LogP contribution >= 0.6 is 0 Å². The molecule has 2 aromatic heterocycles. The maximum Gasteiger partial charge on any atom is 0.255 e. The lowest BCUT2D eigenvalue weighted by Gasteiger charge is -2.36. The van der Waals surface area contributed by atoms with E-state index in [4.69, 9.17) is 0 Å². The summed E-state index contributed by atoms with van der Waals surface area (Å²) in [4.78, 5) is 19.1. The molecule has 5 rings (SSSR count). The largest absolute Gasteiger partial charge is 0.354 e. The van der Waals surface area contributed by atoms with E-state index in [0.717, 1.165) is 19.4 Å². The van der Waals surface area contributed by atoms with Crippen molar-refractivity contribution >= 4 is 11.7 Å². The average Bonchev–Trinajstić information content (AvgIpc) is 3.46. The molecule has 0 spiro atoms. The van der Waals surface area contributed by atoms with Gasteiger partial charge in [-0.15, -0.1) is 0 Å². The van der Waals surface area contributed by atoms with Crippen molar-refractivity contribution in [2.75, 3.05) is 18.0 Å². The Kier molecular flexibility index (Phi) is 4.83. The van der Waals surface area contributed by atoms with E-state index in [1.54, 1.807) is 16.9 Å². The first kappa shape index (κ1) is 20.7. The molecular formula is C24H20FN7O. The van der Waals surface area contributed by atoms with E-state index in [1.165, 1.54) is 18.2 Å². The van der Waals surface area contributed by atoms with Gasteiger partial charge in [-0.25, -0.2) is 14.1 Å². The number of pyridine rings is 1. The lowest BCUT2D eigenvalue weighted by molar-refractivity contribution is 0.0965. The van der Waals surface area contributed by atoms with E-state index in [9.17, 15) is 19.7 Å². The molecule has 1 atom stereocenters. The number of anilines is 1. The smallest absolute Gasteiger partial charge is 0.255 e. The summed E-state index contributed by atoms with van der Waals surface area (Å²) in [5, 5.41) is 26.4. The van der Waals surface area contributed by atoms with Crippen LogP contribution in [0.3, 0.4) is 0 Å². The number of benzene rings is 1. The van der Waals surface area contributed by atoms with Crippen molar-refractivity contribution in [2.45, 2.75) is 26.3 Å². The summed E-state index contributed by atoms with van der Waals surface area (Å²) in [5.41, 5.74) is 1.40. The minimum Gasteiger partial charge on any atom is -0.354 e. The number of carbonyl (C=O) groups excluding carboxylic acids is 1. The zero-order valence-electron chi connectivity index (χ0n) is 18.0. The summed E-state index contributed by atoms with van der Waals surface area (Å²) in [6.45, 7) is 3.52. The number of hydrogen-bond acceptors (Lipinski definition) is 6. The van der Waals surface area contributed by atoms with Gasteiger partial charge in [0.25, 0.3) is 5.91 Å². The number of rotatable bonds is 3. The maximum atomic E-state index is 14.7. The highest BCUT2D eigenvalue weighted by Crippen LogP contribution is 2.33. The fraction of sp³-hybridized carbons (Fsp3) is 0.292. The molecule has 0 bridgehead atoms. The van der Waals surface area contributed by atoms with Gasteiger partial charge >= 0.3 is 0 Å². The van der Waals surface area contributed by atoms with Crippen molar-refractivity contribution in [3.05, 3.63) is 59.2 Å². The Balaban J connectivity index is 1.61. The van der Waals surface area contributed by atoms with Crippen LogP contribution in [-0.2, 0) is 6.54 Å². The maximum absolute atomic E-state index is 14.7. The third-order valence-corrected chi connectivity index (χ3v) is 6.22. The molecule has 1 aromatic carbocycles. The van der Waals surface area contributed by atoms with Gasteiger partial charge in [0.2, 0.25) is 0 Å². The number of nitriles is 2. The summed E-state index contributed by atoms with van der Waals surface area (Å²) < 4.78 is 16.3. The van der Waals surface area contributed by atoms with E-state index in [0.29, 0.717) is 29.3 Å². The second-order valence-electron chi connectivity index (χ2n) is 8.62. The summed E-state index contributed by atoms with van der Waals surface area (Å²) in [5.74, 6) is -0.138. The standard InChI is InChI=1S/C24H20FN7O/c1-24(13-27)7-3-8-31(14-24)20-6-9-32(30-20)19-10-17(29-18-12-28-23(33)22(18)19)21-15(11-26)4-2-5-16(21)25/h2,4-6,9-10H,3,7-8,12,14H2,1H3,(H,28,33). The normalized spacial score (nSPS) is 19.5. The summed E-state index contributed by atoms with van der Waals surface area (Å²) in [6.07, 6.45) is 3.47. The predicted molar refractivity (Wildman–Crippen MR) is 118 cm³/mol. The Hall–Kier alpha value is -4.24. The second kappa shape index (κ2) is 7.72. The average molecular weight is 441 g/mol. The molecular weight excluding hydrogens is 421 g/mol. The lowest BCUT2D eigenvalue weighted by atomic mass is 9.83. The highest BCUT2D eigenvalue weighted by Gasteiger charge is 2.32. The highest BCUT2D eigenvalue weighted by molar-refractivity contribution is 6.01. The molecule has 1 amide bonds. The van der Waals surface area contributed by atoms with Crippen molar-refractivity contribution in [3.63, 3.8) is 0 Å². The van der Waals surface area contributed by atoms with Gasteiger partial charge in [-0.3, -0.25) is 4.79 Å². The number of fused-ring (bicyclic) bond motifs is 1. The van der Waals surface area contributed by atoms with Crippen LogP contribution in [-0.4, -0.2) is 33.8 Å². The number of nitrogens with zero attached hydrogens (tertiary/aromatic N) is 6. The van der Waals surface area contributed by atoms with Crippen LogP contribution in [0.5, 0.6) is 0 Å². The van der Waals surface area contributed by atoms with Crippen LogP contribution in [0.2, 0.25) is 0 Å². The second-order valence-corrected chi connectivity index (χ2v) is 8.62. The Morgan fingerprint density at radius 2 is 2.09 bits per heavy atom. The van der Waals surface area contributed by atoms with Crippen molar-refractivity contribution in [2.24, 2.45) is 5.41 Å². The molecule has 0 saturated carbocycles. The number of hydrogen-bond donors (Lipinski definition) is 1. The van der Waals surface area contributed by atoms with Gasteiger partial charge in [-0.2, -0.15) is 15.6 Å². The zero-order valence-corrected chi connectivity index (χ0v) is 18.0. The van der Waals surface area contributed by atoms with Gasteiger partial charge in [0, 0.05) is 25.4 Å². The van der Waals surface area contributed by atoms with Crippen LogP contribution in [0, 0.1) is 33.9 Å². The fourth-order valence-corrected chi connectivity index (χ4v) is 4.54. The number of halogens is 1. The fourth-order valence-electron chi connectivity index (χ4n) is 4.54. The molecule has 0 radical (unpaired) electrons. The zero-order chi connectivity index (χ0) is 23.2. The van der Waals surface area contributed by atoms with E-state index < -0.39 is 11.2 Å².